The normalized spacial score (nSPS) is 10.6. The zero-order valence-electron chi connectivity index (χ0n) is 12.1. The molecule has 0 aliphatic heterocycles. The van der Waals surface area contributed by atoms with E-state index in [9.17, 15) is 4.39 Å². The van der Waals surface area contributed by atoms with E-state index in [4.69, 9.17) is 9.26 Å². The summed E-state index contributed by atoms with van der Waals surface area (Å²) in [6.07, 6.45) is 0.965. The molecule has 0 saturated heterocycles. The number of hydrogen-bond acceptors (Lipinski definition) is 4. The molecule has 3 aromatic rings. The van der Waals surface area contributed by atoms with Crippen LogP contribution in [0.3, 0.4) is 0 Å². The summed E-state index contributed by atoms with van der Waals surface area (Å²) < 4.78 is 23.7. The highest BCUT2D eigenvalue weighted by Crippen LogP contribution is 2.24. The quantitative estimate of drug-likeness (QED) is 0.703. The topological polar surface area (TPSA) is 48.2 Å². The highest BCUT2D eigenvalue weighted by Gasteiger charge is 2.10. The van der Waals surface area contributed by atoms with Gasteiger partial charge in [-0.05, 0) is 55.0 Å². The second-order valence-electron chi connectivity index (χ2n) is 4.80. The Labute approximate surface area is 127 Å². The minimum atomic E-state index is -0.296. The number of rotatable bonds is 5. The third kappa shape index (κ3) is 3.14. The van der Waals surface area contributed by atoms with Crippen molar-refractivity contribution in [1.82, 2.24) is 10.1 Å². The predicted octanol–water partition coefficient (Wildman–Crippen LogP) is 4.33. The van der Waals surface area contributed by atoms with Crippen molar-refractivity contribution in [3.63, 3.8) is 0 Å². The fourth-order valence-electron chi connectivity index (χ4n) is 1.97. The van der Waals surface area contributed by atoms with Gasteiger partial charge < -0.3 is 9.26 Å². The van der Waals surface area contributed by atoms with Crippen LogP contribution in [-0.4, -0.2) is 16.7 Å². The number of halogens is 1. The van der Waals surface area contributed by atoms with E-state index >= 15 is 0 Å². The lowest BCUT2D eigenvalue weighted by Gasteiger charge is -2.03. The van der Waals surface area contributed by atoms with Crippen molar-refractivity contribution >= 4 is 0 Å². The Bertz CT molecular complexity index is 736. The molecule has 1 aromatic heterocycles. The van der Waals surface area contributed by atoms with E-state index in [2.05, 4.69) is 17.1 Å². The fourth-order valence-corrected chi connectivity index (χ4v) is 1.97. The van der Waals surface area contributed by atoms with Gasteiger partial charge in [0, 0.05) is 11.1 Å². The second-order valence-corrected chi connectivity index (χ2v) is 4.80. The highest BCUT2D eigenvalue weighted by atomic mass is 19.1. The second kappa shape index (κ2) is 6.39. The predicted molar refractivity (Wildman–Crippen MR) is 80.9 cm³/mol. The van der Waals surface area contributed by atoms with Crippen LogP contribution in [-0.2, 0) is 0 Å². The van der Waals surface area contributed by atoms with Gasteiger partial charge in [0.1, 0.15) is 11.6 Å². The summed E-state index contributed by atoms with van der Waals surface area (Å²) in [5.41, 5.74) is 1.52. The first-order valence-electron chi connectivity index (χ1n) is 7.09. The molecule has 0 amide bonds. The van der Waals surface area contributed by atoms with Gasteiger partial charge in [-0.15, -0.1) is 0 Å². The van der Waals surface area contributed by atoms with Crippen molar-refractivity contribution in [1.29, 1.82) is 0 Å². The van der Waals surface area contributed by atoms with E-state index in [1.54, 1.807) is 12.1 Å². The maximum atomic E-state index is 12.9. The molecule has 22 heavy (non-hydrogen) atoms. The van der Waals surface area contributed by atoms with Gasteiger partial charge in [0.15, 0.2) is 0 Å². The van der Waals surface area contributed by atoms with Crippen molar-refractivity contribution in [2.75, 3.05) is 6.61 Å². The van der Waals surface area contributed by atoms with E-state index in [1.165, 1.54) is 12.1 Å². The zero-order valence-corrected chi connectivity index (χ0v) is 12.1. The molecule has 0 N–H and O–H groups in total. The Balaban J connectivity index is 1.79. The molecule has 0 fully saturated rings. The summed E-state index contributed by atoms with van der Waals surface area (Å²) in [5, 5.41) is 3.92. The Hall–Kier alpha value is -2.69. The first-order chi connectivity index (χ1) is 10.8. The summed E-state index contributed by atoms with van der Waals surface area (Å²) in [6, 6.07) is 13.4. The van der Waals surface area contributed by atoms with Crippen LogP contribution < -0.4 is 4.74 Å². The van der Waals surface area contributed by atoms with Crippen molar-refractivity contribution in [2.45, 2.75) is 13.3 Å². The smallest absolute Gasteiger partial charge is 0.258 e. The molecule has 0 radical (unpaired) electrons. The molecule has 5 heteroatoms. The SMILES string of the molecule is CCCOc1ccc(-c2nc(-c3ccc(F)cc3)no2)cc1. The average Bonchev–Trinajstić information content (AvgIpc) is 3.04. The standard InChI is InChI=1S/C17H15FN2O2/c1-2-11-21-15-9-5-13(6-10-15)17-19-16(20-22-17)12-3-7-14(18)8-4-12/h3-10H,2,11H2,1H3. The Morgan fingerprint density at radius 1 is 1.00 bits per heavy atom. The van der Waals surface area contributed by atoms with Crippen molar-refractivity contribution in [2.24, 2.45) is 0 Å². The Kier molecular flexibility index (Phi) is 4.14. The molecular weight excluding hydrogens is 283 g/mol. The zero-order chi connectivity index (χ0) is 15.4. The molecule has 0 saturated carbocycles. The molecule has 2 aromatic carbocycles. The molecule has 1 heterocycles. The minimum absolute atomic E-state index is 0.296. The summed E-state index contributed by atoms with van der Waals surface area (Å²) in [5.74, 6) is 1.36. The van der Waals surface area contributed by atoms with Gasteiger partial charge in [-0.2, -0.15) is 4.98 Å². The largest absolute Gasteiger partial charge is 0.494 e. The third-order valence-electron chi connectivity index (χ3n) is 3.10. The number of hydrogen-bond donors (Lipinski definition) is 0. The fraction of sp³-hybridized carbons (Fsp3) is 0.176. The molecule has 0 spiro atoms. The molecule has 0 unspecified atom stereocenters. The van der Waals surface area contributed by atoms with Crippen LogP contribution in [0, 0.1) is 5.82 Å². The first kappa shape index (κ1) is 14.3. The van der Waals surface area contributed by atoms with E-state index in [0.717, 1.165) is 17.7 Å². The van der Waals surface area contributed by atoms with E-state index in [0.29, 0.717) is 23.9 Å². The first-order valence-corrected chi connectivity index (χ1v) is 7.09. The number of nitrogens with zero attached hydrogens (tertiary/aromatic N) is 2. The van der Waals surface area contributed by atoms with Gasteiger partial charge in [0.2, 0.25) is 5.82 Å². The van der Waals surface area contributed by atoms with Gasteiger partial charge in [-0.1, -0.05) is 12.1 Å². The average molecular weight is 298 g/mol. The van der Waals surface area contributed by atoms with Gasteiger partial charge in [0.05, 0.1) is 6.61 Å². The lowest BCUT2D eigenvalue weighted by molar-refractivity contribution is 0.317. The summed E-state index contributed by atoms with van der Waals surface area (Å²) in [6.45, 7) is 2.75. The van der Waals surface area contributed by atoms with Crippen molar-refractivity contribution in [3.05, 3.63) is 54.3 Å². The van der Waals surface area contributed by atoms with Gasteiger partial charge in [-0.25, -0.2) is 4.39 Å². The Morgan fingerprint density at radius 3 is 2.36 bits per heavy atom. The van der Waals surface area contributed by atoms with Crippen LogP contribution in [0.25, 0.3) is 22.8 Å². The molecule has 3 rings (SSSR count). The number of aromatic nitrogens is 2. The van der Waals surface area contributed by atoms with E-state index < -0.39 is 0 Å². The number of benzene rings is 2. The molecular formula is C17H15FN2O2. The van der Waals surface area contributed by atoms with Crippen molar-refractivity contribution in [3.8, 4) is 28.6 Å². The lowest BCUT2D eigenvalue weighted by atomic mass is 10.2. The van der Waals surface area contributed by atoms with Crippen LogP contribution in [0.4, 0.5) is 4.39 Å². The maximum Gasteiger partial charge on any atom is 0.258 e. The van der Waals surface area contributed by atoms with Crippen LogP contribution in [0.1, 0.15) is 13.3 Å². The van der Waals surface area contributed by atoms with Crippen LogP contribution in [0.2, 0.25) is 0 Å². The van der Waals surface area contributed by atoms with E-state index in [-0.39, 0.29) is 5.82 Å². The third-order valence-corrected chi connectivity index (χ3v) is 3.10. The van der Waals surface area contributed by atoms with E-state index in [1.807, 2.05) is 24.3 Å². The van der Waals surface area contributed by atoms with Crippen LogP contribution in [0.5, 0.6) is 5.75 Å². The van der Waals surface area contributed by atoms with Gasteiger partial charge in [-0.3, -0.25) is 0 Å². The molecule has 0 aliphatic rings. The molecule has 4 nitrogen and oxygen atoms in total. The lowest BCUT2D eigenvalue weighted by Crippen LogP contribution is -1.94. The summed E-state index contributed by atoms with van der Waals surface area (Å²) in [7, 11) is 0. The van der Waals surface area contributed by atoms with Crippen molar-refractivity contribution < 1.29 is 13.7 Å². The van der Waals surface area contributed by atoms with Crippen LogP contribution in [0.15, 0.2) is 53.1 Å². The molecule has 0 bridgehead atoms. The monoisotopic (exact) mass is 298 g/mol. The summed E-state index contributed by atoms with van der Waals surface area (Å²) >= 11 is 0. The minimum Gasteiger partial charge on any atom is -0.494 e. The Morgan fingerprint density at radius 2 is 1.68 bits per heavy atom. The van der Waals surface area contributed by atoms with Crippen LogP contribution >= 0.6 is 0 Å². The molecule has 0 atom stereocenters. The summed E-state index contributed by atoms with van der Waals surface area (Å²) in [4.78, 5) is 4.33. The number of ether oxygens (including phenoxy) is 1. The maximum absolute atomic E-state index is 12.9. The molecule has 112 valence electrons. The molecule has 0 aliphatic carbocycles. The highest BCUT2D eigenvalue weighted by molar-refractivity contribution is 5.60. The van der Waals surface area contributed by atoms with Gasteiger partial charge >= 0.3 is 0 Å². The van der Waals surface area contributed by atoms with Gasteiger partial charge in [0.25, 0.3) is 5.89 Å².